The van der Waals surface area contributed by atoms with Gasteiger partial charge in [0.1, 0.15) is 5.60 Å². The van der Waals surface area contributed by atoms with Gasteiger partial charge in [-0.2, -0.15) is 0 Å². The van der Waals surface area contributed by atoms with Crippen LogP contribution in [0.1, 0.15) is 57.9 Å². The van der Waals surface area contributed by atoms with Crippen LogP contribution in [0, 0.1) is 0 Å². The molecular formula is C19H26IN3O2S. The van der Waals surface area contributed by atoms with Crippen molar-refractivity contribution in [3.8, 4) is 0 Å². The predicted octanol–water partition coefficient (Wildman–Crippen LogP) is 5.78. The lowest BCUT2D eigenvalue weighted by atomic mass is 9.81. The van der Waals surface area contributed by atoms with E-state index in [4.69, 9.17) is 4.74 Å². The van der Waals surface area contributed by atoms with Crippen LogP contribution in [0.15, 0.2) is 24.5 Å². The molecule has 0 N–H and O–H groups in total. The first-order valence-corrected chi connectivity index (χ1v) is 12.3. The van der Waals surface area contributed by atoms with Crippen LogP contribution in [0.4, 0.5) is 4.79 Å². The van der Waals surface area contributed by atoms with Gasteiger partial charge < -0.3 is 9.64 Å². The lowest BCUT2D eigenvalue weighted by Crippen LogP contribution is -2.42. The van der Waals surface area contributed by atoms with E-state index >= 15 is 0 Å². The van der Waals surface area contributed by atoms with Crippen LogP contribution >= 0.6 is 30.3 Å². The van der Waals surface area contributed by atoms with Gasteiger partial charge in [-0.25, -0.2) is 9.78 Å². The molecule has 5 nitrogen and oxygen atoms in total. The molecule has 0 radical (unpaired) electrons. The third-order valence-corrected chi connectivity index (χ3v) is 6.70. The second-order valence-electron chi connectivity index (χ2n) is 7.95. The molecule has 0 spiro atoms. The molecule has 3 rings (SSSR count). The summed E-state index contributed by atoms with van der Waals surface area (Å²) in [5.41, 5.74) is 1.97. The molecule has 0 aromatic carbocycles. The van der Waals surface area contributed by atoms with Gasteiger partial charge in [0.05, 0.1) is 0 Å². The van der Waals surface area contributed by atoms with Crippen LogP contribution in [0.5, 0.6) is 0 Å². The van der Waals surface area contributed by atoms with Crippen molar-refractivity contribution in [1.82, 2.24) is 13.9 Å². The Bertz CT molecular complexity index is 779. The van der Waals surface area contributed by atoms with Gasteiger partial charge in [0, 0.05) is 61.2 Å². The van der Waals surface area contributed by atoms with Crippen LogP contribution < -0.4 is 0 Å². The van der Waals surface area contributed by atoms with E-state index < -0.39 is 5.60 Å². The zero-order chi connectivity index (χ0) is 18.9. The Morgan fingerprint density at radius 3 is 2.65 bits per heavy atom. The first-order valence-electron chi connectivity index (χ1n) is 9.01. The second-order valence-corrected chi connectivity index (χ2v) is 9.66. The number of aromatic nitrogens is 2. The van der Waals surface area contributed by atoms with Crippen molar-refractivity contribution in [1.29, 1.82) is 0 Å². The number of carbonyl (C=O) groups excluding carboxylic acids is 1. The smallest absolute Gasteiger partial charge is 0.410 e. The molecule has 1 saturated carbocycles. The number of hydrogen-bond donors (Lipinski definition) is 0. The molecule has 2 heterocycles. The summed E-state index contributed by atoms with van der Waals surface area (Å²) in [5.74, 6) is 0.523. The molecule has 7 heteroatoms. The molecule has 142 valence electrons. The molecule has 1 amide bonds. The van der Waals surface area contributed by atoms with E-state index in [0.717, 1.165) is 31.3 Å². The average molecular weight is 487 g/mol. The number of nitrogens with zero attached hydrogens (tertiary/aromatic N) is 3. The van der Waals surface area contributed by atoms with E-state index in [1.807, 2.05) is 40.1 Å². The summed E-state index contributed by atoms with van der Waals surface area (Å²) in [4.78, 5) is 18.6. The molecule has 0 aliphatic heterocycles. The number of pyridine rings is 1. The maximum Gasteiger partial charge on any atom is 0.410 e. The van der Waals surface area contributed by atoms with Crippen LogP contribution in [-0.2, 0) is 4.74 Å². The summed E-state index contributed by atoms with van der Waals surface area (Å²) >= 11 is 2.30. The molecule has 0 atom stereocenters. The second kappa shape index (κ2) is 7.96. The molecule has 26 heavy (non-hydrogen) atoms. The van der Waals surface area contributed by atoms with Gasteiger partial charge in [-0.1, -0.05) is 0 Å². The van der Waals surface area contributed by atoms with Gasteiger partial charge in [-0.3, -0.25) is 3.97 Å². The van der Waals surface area contributed by atoms with Crippen LogP contribution in [0.25, 0.3) is 11.0 Å². The van der Waals surface area contributed by atoms with E-state index in [1.54, 1.807) is 14.0 Å². The van der Waals surface area contributed by atoms with Gasteiger partial charge in [0.15, 0.2) is 5.65 Å². The fourth-order valence-corrected chi connectivity index (χ4v) is 4.96. The van der Waals surface area contributed by atoms with E-state index in [9.17, 15) is 4.79 Å². The molecule has 1 fully saturated rings. The Morgan fingerprint density at radius 2 is 2.04 bits per heavy atom. The molecular weight excluding hydrogens is 461 g/mol. The zero-order valence-corrected chi connectivity index (χ0v) is 18.7. The van der Waals surface area contributed by atoms with E-state index in [2.05, 4.69) is 42.4 Å². The predicted molar refractivity (Wildman–Crippen MR) is 116 cm³/mol. The minimum atomic E-state index is -0.450. The minimum absolute atomic E-state index is 0.219. The Labute approximate surface area is 171 Å². The highest BCUT2D eigenvalue weighted by molar-refractivity contribution is 14.2. The van der Waals surface area contributed by atoms with Crippen LogP contribution in [0.2, 0.25) is 0 Å². The summed E-state index contributed by atoms with van der Waals surface area (Å²) in [6.45, 7) is 5.72. The van der Waals surface area contributed by atoms with E-state index in [-0.39, 0.29) is 12.1 Å². The Morgan fingerprint density at radius 1 is 1.35 bits per heavy atom. The van der Waals surface area contributed by atoms with E-state index in [1.165, 1.54) is 10.9 Å². The number of rotatable bonds is 3. The largest absolute Gasteiger partial charge is 0.444 e. The zero-order valence-electron chi connectivity index (χ0n) is 15.7. The first-order chi connectivity index (χ1) is 12.3. The highest BCUT2D eigenvalue weighted by Gasteiger charge is 2.31. The lowest BCUT2D eigenvalue weighted by Gasteiger charge is -2.35. The highest BCUT2D eigenvalue weighted by Crippen LogP contribution is 2.39. The quantitative estimate of drug-likeness (QED) is 0.516. The molecule has 0 saturated heterocycles. The number of amides is 1. The van der Waals surface area contributed by atoms with Crippen molar-refractivity contribution in [2.45, 2.75) is 64.0 Å². The molecule has 0 bridgehead atoms. The fraction of sp³-hybridized carbons (Fsp3) is 0.579. The standard InChI is InChI=1S/C19H26IN3O2S/c1-19(2,3)25-18(24)22(4)14-9-7-13(8-10-14)16-12-23(26-20)17-15(16)6-5-11-21-17/h5-6,11-14H,7-10H2,1-4H3. The van der Waals surface area contributed by atoms with Gasteiger partial charge in [0.2, 0.25) is 0 Å². The summed E-state index contributed by atoms with van der Waals surface area (Å²) in [7, 11) is 3.52. The summed E-state index contributed by atoms with van der Waals surface area (Å²) in [5, 5.41) is 1.25. The Hall–Kier alpha value is -0.960. The highest BCUT2D eigenvalue weighted by atomic mass is 127. The molecule has 1 aliphatic carbocycles. The fourth-order valence-electron chi connectivity index (χ4n) is 3.69. The molecule has 2 aromatic rings. The number of halogens is 1. The Kier molecular flexibility index (Phi) is 6.06. The molecule has 0 unspecified atom stereocenters. The van der Waals surface area contributed by atoms with Crippen molar-refractivity contribution in [2.75, 3.05) is 7.05 Å². The topological polar surface area (TPSA) is 47.4 Å². The average Bonchev–Trinajstić information content (AvgIpc) is 2.98. The number of hydrogen-bond acceptors (Lipinski definition) is 4. The van der Waals surface area contributed by atoms with Crippen LogP contribution in [0.3, 0.4) is 0 Å². The summed E-state index contributed by atoms with van der Waals surface area (Å²) in [6.07, 6.45) is 8.03. The maximum atomic E-state index is 12.3. The van der Waals surface area contributed by atoms with Crippen molar-refractivity contribution >= 4 is 47.5 Å². The van der Waals surface area contributed by atoms with Gasteiger partial charge >= 0.3 is 6.09 Å². The minimum Gasteiger partial charge on any atom is -0.444 e. The van der Waals surface area contributed by atoms with Gasteiger partial charge in [-0.05, 0) is 70.1 Å². The maximum absolute atomic E-state index is 12.3. The van der Waals surface area contributed by atoms with Crippen molar-refractivity contribution in [3.05, 3.63) is 30.1 Å². The third kappa shape index (κ3) is 4.30. The lowest BCUT2D eigenvalue weighted by molar-refractivity contribution is 0.0183. The molecule has 2 aromatic heterocycles. The summed E-state index contributed by atoms with van der Waals surface area (Å²) < 4.78 is 7.65. The Balaban J connectivity index is 1.68. The van der Waals surface area contributed by atoms with Gasteiger partial charge in [-0.15, -0.1) is 0 Å². The van der Waals surface area contributed by atoms with Crippen molar-refractivity contribution in [3.63, 3.8) is 0 Å². The van der Waals surface area contributed by atoms with Crippen molar-refractivity contribution < 1.29 is 9.53 Å². The molecule has 1 aliphatic rings. The van der Waals surface area contributed by atoms with Gasteiger partial charge in [0.25, 0.3) is 0 Å². The van der Waals surface area contributed by atoms with Crippen LogP contribution in [-0.4, -0.2) is 38.6 Å². The van der Waals surface area contributed by atoms with E-state index in [0.29, 0.717) is 5.92 Å². The first kappa shape index (κ1) is 19.8. The van der Waals surface area contributed by atoms with Crippen molar-refractivity contribution in [2.24, 2.45) is 0 Å². The third-order valence-electron chi connectivity index (χ3n) is 5.00. The normalized spacial score (nSPS) is 21.0. The summed E-state index contributed by atoms with van der Waals surface area (Å²) in [6, 6.07) is 4.43. The monoisotopic (exact) mass is 487 g/mol. The number of ether oxygens (including phenoxy) is 1. The SMILES string of the molecule is CN(C(=O)OC(C)(C)C)C1CCC(c2cn(SI)c3ncccc23)CC1. The number of carbonyl (C=O) groups is 1. The number of fused-ring (bicyclic) bond motifs is 1.